The Labute approximate surface area is 167 Å². The molecule has 0 amide bonds. The standard InChI is InChI=1S/C19H27FN4O3S/c1-12(22-28(26)19(2,3)4)14-10-13(20)11-15-16(14)21-18(23(5)17(15)25)24-6-8-27-9-7-24/h10-12,22H,6-9H2,1-5H3/t12-,28?/m1/s1. The van der Waals surface area contributed by atoms with Crippen LogP contribution in [0.15, 0.2) is 16.9 Å². The lowest BCUT2D eigenvalue weighted by Gasteiger charge is -2.30. The van der Waals surface area contributed by atoms with Crippen LogP contribution in [0.25, 0.3) is 10.9 Å². The van der Waals surface area contributed by atoms with E-state index in [1.165, 1.54) is 16.7 Å². The molecule has 1 aromatic carbocycles. The molecule has 0 aliphatic carbocycles. The molecule has 1 aliphatic heterocycles. The fraction of sp³-hybridized carbons (Fsp3) is 0.579. The van der Waals surface area contributed by atoms with Crippen LogP contribution in [0.1, 0.15) is 39.3 Å². The van der Waals surface area contributed by atoms with Crippen LogP contribution < -0.4 is 15.2 Å². The molecule has 2 atom stereocenters. The fourth-order valence-corrected chi connectivity index (χ4v) is 3.93. The Morgan fingerprint density at radius 2 is 1.96 bits per heavy atom. The van der Waals surface area contributed by atoms with Crippen LogP contribution in [0.3, 0.4) is 0 Å². The Balaban J connectivity index is 2.12. The van der Waals surface area contributed by atoms with Gasteiger partial charge in [-0.15, -0.1) is 4.72 Å². The first-order valence-corrected chi connectivity index (χ1v) is 10.5. The van der Waals surface area contributed by atoms with Crippen LogP contribution in [0, 0.1) is 5.82 Å². The van der Waals surface area contributed by atoms with Gasteiger partial charge in [0.25, 0.3) is 5.56 Å². The summed E-state index contributed by atoms with van der Waals surface area (Å²) < 4.78 is 36.2. The van der Waals surface area contributed by atoms with Gasteiger partial charge in [-0.25, -0.2) is 9.37 Å². The summed E-state index contributed by atoms with van der Waals surface area (Å²) in [5.74, 6) is 0.00788. The minimum Gasteiger partial charge on any atom is -0.598 e. The molecule has 0 bridgehead atoms. The molecule has 3 rings (SSSR count). The van der Waals surface area contributed by atoms with Crippen molar-refractivity contribution in [1.82, 2.24) is 14.3 Å². The van der Waals surface area contributed by atoms with Crippen molar-refractivity contribution in [2.75, 3.05) is 31.2 Å². The van der Waals surface area contributed by atoms with Gasteiger partial charge in [0.2, 0.25) is 5.95 Å². The van der Waals surface area contributed by atoms with Crippen molar-refractivity contribution in [2.24, 2.45) is 7.05 Å². The van der Waals surface area contributed by atoms with Crippen LogP contribution in [0.2, 0.25) is 0 Å². The quantitative estimate of drug-likeness (QED) is 0.777. The highest BCUT2D eigenvalue weighted by Gasteiger charge is 2.30. The number of nitrogens with zero attached hydrogens (tertiary/aromatic N) is 3. The summed E-state index contributed by atoms with van der Waals surface area (Å²) in [6.45, 7) is 9.75. The lowest BCUT2D eigenvalue weighted by Crippen LogP contribution is -2.41. The van der Waals surface area contributed by atoms with E-state index >= 15 is 0 Å². The Morgan fingerprint density at radius 3 is 2.57 bits per heavy atom. The van der Waals surface area contributed by atoms with E-state index in [1.54, 1.807) is 14.0 Å². The molecule has 9 heteroatoms. The summed E-state index contributed by atoms with van der Waals surface area (Å²) in [6.07, 6.45) is 0. The topological polar surface area (TPSA) is 82.5 Å². The second-order valence-electron chi connectivity index (χ2n) is 7.99. The van der Waals surface area contributed by atoms with Crippen molar-refractivity contribution in [1.29, 1.82) is 0 Å². The minimum absolute atomic E-state index is 0.213. The summed E-state index contributed by atoms with van der Waals surface area (Å²) in [5, 5.41) is 0.213. The molecule has 1 aliphatic rings. The SMILES string of the molecule is C[C@@H](N[S+]([O-])C(C)(C)C)c1cc(F)cc2c(=O)n(C)c(N3CCOCC3)nc12. The third-order valence-electron chi connectivity index (χ3n) is 4.75. The summed E-state index contributed by atoms with van der Waals surface area (Å²) in [6, 6.07) is 2.12. The first-order valence-electron chi connectivity index (χ1n) is 9.30. The van der Waals surface area contributed by atoms with Crippen molar-refractivity contribution in [3.63, 3.8) is 0 Å². The smallest absolute Gasteiger partial charge is 0.262 e. The summed E-state index contributed by atoms with van der Waals surface area (Å²) in [5.41, 5.74) is 0.632. The first-order chi connectivity index (χ1) is 13.1. The Bertz CT molecular complexity index is 922. The molecule has 1 saturated heterocycles. The zero-order valence-corrected chi connectivity index (χ0v) is 17.7. The van der Waals surface area contributed by atoms with E-state index in [1.807, 2.05) is 25.7 Å². The number of ether oxygens (including phenoxy) is 1. The molecule has 2 aromatic rings. The highest BCUT2D eigenvalue weighted by Crippen LogP contribution is 2.27. The van der Waals surface area contributed by atoms with Gasteiger partial charge >= 0.3 is 0 Å². The highest BCUT2D eigenvalue weighted by atomic mass is 32.2. The molecule has 0 saturated carbocycles. The number of benzene rings is 1. The maximum atomic E-state index is 14.3. The van der Waals surface area contributed by atoms with Gasteiger partial charge in [-0.1, -0.05) is 0 Å². The zero-order valence-electron chi connectivity index (χ0n) is 16.9. The Kier molecular flexibility index (Phi) is 6.00. The van der Waals surface area contributed by atoms with Gasteiger partial charge < -0.3 is 14.2 Å². The molecule has 0 radical (unpaired) electrons. The molecule has 1 N–H and O–H groups in total. The van der Waals surface area contributed by atoms with E-state index < -0.39 is 28.0 Å². The summed E-state index contributed by atoms with van der Waals surface area (Å²) in [7, 11) is 1.64. The third kappa shape index (κ3) is 4.17. The number of anilines is 1. The number of hydrogen-bond donors (Lipinski definition) is 1. The number of fused-ring (bicyclic) bond motifs is 1. The average molecular weight is 411 g/mol. The predicted octanol–water partition coefficient (Wildman–Crippen LogP) is 2.02. The van der Waals surface area contributed by atoms with E-state index in [-0.39, 0.29) is 10.9 Å². The predicted molar refractivity (Wildman–Crippen MR) is 109 cm³/mol. The first kappa shape index (κ1) is 21.0. The van der Waals surface area contributed by atoms with Crippen molar-refractivity contribution >= 4 is 28.2 Å². The highest BCUT2D eigenvalue weighted by molar-refractivity contribution is 7.90. The number of morpholine rings is 1. The van der Waals surface area contributed by atoms with Gasteiger partial charge in [0, 0.05) is 37.1 Å². The molecule has 28 heavy (non-hydrogen) atoms. The summed E-state index contributed by atoms with van der Waals surface area (Å²) in [4.78, 5) is 19.6. The van der Waals surface area contributed by atoms with Crippen LogP contribution in [-0.4, -0.2) is 45.2 Å². The maximum absolute atomic E-state index is 14.3. The second-order valence-corrected chi connectivity index (χ2v) is 9.99. The Morgan fingerprint density at radius 1 is 1.32 bits per heavy atom. The van der Waals surface area contributed by atoms with E-state index in [4.69, 9.17) is 9.72 Å². The maximum Gasteiger partial charge on any atom is 0.262 e. The molecule has 0 spiro atoms. The largest absolute Gasteiger partial charge is 0.598 e. The van der Waals surface area contributed by atoms with Gasteiger partial charge in [-0.3, -0.25) is 9.36 Å². The molecule has 1 unspecified atom stereocenters. The van der Waals surface area contributed by atoms with E-state index in [0.717, 1.165) is 0 Å². The molecule has 2 heterocycles. The Hall–Kier alpha value is -1.68. The van der Waals surface area contributed by atoms with E-state index in [9.17, 15) is 13.7 Å². The number of halogens is 1. The van der Waals surface area contributed by atoms with Crippen molar-refractivity contribution in [2.45, 2.75) is 38.5 Å². The lowest BCUT2D eigenvalue weighted by atomic mass is 10.0. The van der Waals surface area contributed by atoms with Crippen LogP contribution in [0.5, 0.6) is 0 Å². The van der Waals surface area contributed by atoms with Crippen LogP contribution in [0.4, 0.5) is 10.3 Å². The van der Waals surface area contributed by atoms with Gasteiger partial charge in [-0.2, -0.15) is 0 Å². The van der Waals surface area contributed by atoms with Crippen LogP contribution >= 0.6 is 0 Å². The van der Waals surface area contributed by atoms with Crippen molar-refractivity contribution in [3.8, 4) is 0 Å². The minimum atomic E-state index is -1.35. The van der Waals surface area contributed by atoms with E-state index in [2.05, 4.69) is 4.72 Å². The number of hydrogen-bond acceptors (Lipinski definition) is 6. The molecule has 7 nitrogen and oxygen atoms in total. The molecule has 154 valence electrons. The third-order valence-corrected chi connectivity index (χ3v) is 6.43. The average Bonchev–Trinajstić information content (AvgIpc) is 2.64. The molecular weight excluding hydrogens is 383 g/mol. The fourth-order valence-electron chi connectivity index (χ4n) is 3.13. The monoisotopic (exact) mass is 410 g/mol. The van der Waals surface area contributed by atoms with Crippen molar-refractivity contribution in [3.05, 3.63) is 33.9 Å². The molecule has 1 fully saturated rings. The van der Waals surface area contributed by atoms with Crippen LogP contribution in [-0.2, 0) is 23.1 Å². The van der Waals surface area contributed by atoms with Gasteiger partial charge in [-0.05, 0) is 39.8 Å². The number of aromatic nitrogens is 2. The van der Waals surface area contributed by atoms with Gasteiger partial charge in [0.05, 0.1) is 30.2 Å². The number of rotatable bonds is 4. The normalized spacial score (nSPS) is 17.8. The number of nitrogens with one attached hydrogen (secondary N) is 1. The molecule has 1 aromatic heterocycles. The van der Waals surface area contributed by atoms with E-state index in [0.29, 0.717) is 43.3 Å². The van der Waals surface area contributed by atoms with Crippen molar-refractivity contribution < 1.29 is 13.7 Å². The summed E-state index contributed by atoms with van der Waals surface area (Å²) >= 11 is -1.35. The molecular formula is C19H27FN4O3S. The lowest BCUT2D eigenvalue weighted by molar-refractivity contribution is 0.121. The van der Waals surface area contributed by atoms with Gasteiger partial charge in [0.1, 0.15) is 10.6 Å². The van der Waals surface area contributed by atoms with Gasteiger partial charge in [0.15, 0.2) is 0 Å². The second kappa shape index (κ2) is 7.98. The zero-order chi connectivity index (χ0) is 20.6.